The molecule has 2 aromatic carbocycles. The summed E-state index contributed by atoms with van der Waals surface area (Å²) < 4.78 is 13.0. The van der Waals surface area contributed by atoms with Crippen LogP contribution in [0.25, 0.3) is 11.3 Å². The number of carbonyl (C=O) groups is 1. The maximum absolute atomic E-state index is 12.3. The minimum atomic E-state index is -0.503. The number of hydrogen-bond acceptors (Lipinski definition) is 5. The van der Waals surface area contributed by atoms with E-state index >= 15 is 0 Å². The number of hydrogen-bond donors (Lipinski definition) is 0. The lowest BCUT2D eigenvalue weighted by molar-refractivity contribution is 0.0295. The molecule has 3 aromatic rings. The third-order valence-electron chi connectivity index (χ3n) is 4.74. The quantitative estimate of drug-likeness (QED) is 0.460. The fourth-order valence-corrected chi connectivity index (χ4v) is 4.09. The molecule has 170 valence electrons. The molecule has 7 heteroatoms. The van der Waals surface area contributed by atoms with Crippen LogP contribution in [0.2, 0.25) is 0 Å². The lowest BCUT2D eigenvalue weighted by atomic mass is 10.1. The lowest BCUT2D eigenvalue weighted by Gasteiger charge is -2.24. The van der Waals surface area contributed by atoms with E-state index in [1.54, 1.807) is 30.4 Å². The van der Waals surface area contributed by atoms with E-state index in [1.165, 1.54) is 0 Å². The fourth-order valence-electron chi connectivity index (χ4n) is 3.14. The van der Waals surface area contributed by atoms with Gasteiger partial charge in [-0.15, -0.1) is 11.3 Å². The molecule has 1 aromatic heterocycles. The number of benzene rings is 2. The molecule has 0 fully saturated rings. The fraction of sp³-hybridized carbons (Fsp3) is 0.360. The topological polar surface area (TPSA) is 56.1 Å². The van der Waals surface area contributed by atoms with Crippen LogP contribution in [-0.4, -0.2) is 41.9 Å². The molecule has 0 atom stereocenters. The zero-order chi connectivity index (χ0) is 23.1. The van der Waals surface area contributed by atoms with Crippen molar-refractivity contribution in [2.45, 2.75) is 39.3 Å². The highest BCUT2D eigenvalue weighted by Crippen LogP contribution is 2.24. The van der Waals surface area contributed by atoms with Crippen LogP contribution in [0, 0.1) is 0 Å². The molecule has 0 saturated carbocycles. The molecule has 0 spiro atoms. The molecule has 0 N–H and O–H groups in total. The zero-order valence-corrected chi connectivity index (χ0v) is 20.2. The van der Waals surface area contributed by atoms with Gasteiger partial charge in [-0.3, -0.25) is 0 Å². The van der Waals surface area contributed by atoms with Crippen molar-refractivity contribution < 1.29 is 14.3 Å². The van der Waals surface area contributed by atoms with Gasteiger partial charge in [0, 0.05) is 25.5 Å². The maximum Gasteiger partial charge on any atom is 0.410 e. The van der Waals surface area contributed by atoms with Crippen molar-refractivity contribution in [3.05, 3.63) is 64.8 Å². The summed E-state index contributed by atoms with van der Waals surface area (Å²) in [5, 5.41) is 2.13. The van der Waals surface area contributed by atoms with Gasteiger partial charge in [0.2, 0.25) is 0 Å². The summed E-state index contributed by atoms with van der Waals surface area (Å²) in [5.41, 5.74) is 2.59. The first-order valence-corrected chi connectivity index (χ1v) is 11.5. The van der Waals surface area contributed by atoms with Crippen LogP contribution < -0.4 is 9.54 Å². The Hall–Kier alpha value is -3.06. The summed E-state index contributed by atoms with van der Waals surface area (Å²) in [7, 11) is 3.43. The second-order valence-electron chi connectivity index (χ2n) is 8.49. The van der Waals surface area contributed by atoms with Crippen molar-refractivity contribution in [3.63, 3.8) is 0 Å². The molecule has 0 bridgehead atoms. The van der Waals surface area contributed by atoms with Gasteiger partial charge in [-0.1, -0.05) is 18.2 Å². The van der Waals surface area contributed by atoms with Gasteiger partial charge in [-0.05, 0) is 69.2 Å². The van der Waals surface area contributed by atoms with Crippen molar-refractivity contribution in [3.8, 4) is 17.0 Å². The molecule has 0 aliphatic carbocycles. The monoisotopic (exact) mass is 453 g/mol. The Morgan fingerprint density at radius 2 is 1.78 bits per heavy atom. The van der Waals surface area contributed by atoms with Crippen molar-refractivity contribution in [1.82, 2.24) is 9.47 Å². The van der Waals surface area contributed by atoms with Crippen molar-refractivity contribution in [2.24, 2.45) is 4.99 Å². The van der Waals surface area contributed by atoms with Crippen LogP contribution in [0.15, 0.2) is 65.0 Å². The van der Waals surface area contributed by atoms with Crippen LogP contribution in [0.5, 0.6) is 5.75 Å². The standard InChI is InChI=1S/C25H31N3O3S/c1-25(2,3)31-24(29)27(4)16-9-17-28-22(19-12-14-21(30-5)15-13-19)18-32-23(28)26-20-10-7-6-8-11-20/h6-8,10-15,18H,9,16-17H2,1-5H3. The zero-order valence-electron chi connectivity index (χ0n) is 19.4. The first-order chi connectivity index (χ1) is 15.3. The maximum atomic E-state index is 12.3. The number of amides is 1. The second-order valence-corrected chi connectivity index (χ2v) is 9.32. The lowest BCUT2D eigenvalue weighted by Crippen LogP contribution is -2.35. The molecular weight excluding hydrogens is 422 g/mol. The molecule has 0 radical (unpaired) electrons. The smallest absolute Gasteiger partial charge is 0.410 e. The number of thiazole rings is 1. The molecule has 32 heavy (non-hydrogen) atoms. The Morgan fingerprint density at radius 3 is 2.41 bits per heavy atom. The minimum absolute atomic E-state index is 0.308. The van der Waals surface area contributed by atoms with Crippen molar-refractivity contribution >= 4 is 23.1 Å². The van der Waals surface area contributed by atoms with Gasteiger partial charge < -0.3 is 18.9 Å². The Morgan fingerprint density at radius 1 is 1.09 bits per heavy atom. The van der Waals surface area contributed by atoms with Gasteiger partial charge in [-0.2, -0.15) is 0 Å². The van der Waals surface area contributed by atoms with Gasteiger partial charge in [0.25, 0.3) is 0 Å². The van der Waals surface area contributed by atoms with Crippen LogP contribution >= 0.6 is 11.3 Å². The van der Waals surface area contributed by atoms with Crippen molar-refractivity contribution in [2.75, 3.05) is 20.7 Å². The average Bonchev–Trinajstić information content (AvgIpc) is 3.15. The molecule has 0 aliphatic heterocycles. The number of carbonyl (C=O) groups excluding carboxylic acids is 1. The summed E-state index contributed by atoms with van der Waals surface area (Å²) in [6.45, 7) is 6.93. The van der Waals surface area contributed by atoms with Crippen LogP contribution in [0.3, 0.4) is 0 Å². The molecule has 1 heterocycles. The van der Waals surface area contributed by atoms with Crippen LogP contribution in [0.4, 0.5) is 10.5 Å². The Kier molecular flexibility index (Phi) is 7.75. The largest absolute Gasteiger partial charge is 0.497 e. The Balaban J connectivity index is 1.84. The average molecular weight is 454 g/mol. The van der Waals surface area contributed by atoms with Gasteiger partial charge in [0.05, 0.1) is 18.5 Å². The summed E-state index contributed by atoms with van der Waals surface area (Å²) >= 11 is 1.61. The SMILES string of the molecule is COc1ccc(-c2csc(=Nc3ccccc3)n2CCCN(C)C(=O)OC(C)(C)C)cc1. The highest BCUT2D eigenvalue weighted by Gasteiger charge is 2.19. The highest BCUT2D eigenvalue weighted by atomic mass is 32.1. The minimum Gasteiger partial charge on any atom is -0.497 e. The van der Waals surface area contributed by atoms with Crippen LogP contribution in [-0.2, 0) is 11.3 Å². The van der Waals surface area contributed by atoms with E-state index in [4.69, 9.17) is 14.5 Å². The molecular formula is C25H31N3O3S. The van der Waals surface area contributed by atoms with E-state index in [0.717, 1.165) is 40.5 Å². The molecule has 3 rings (SSSR count). The third kappa shape index (κ3) is 6.47. The molecule has 0 saturated heterocycles. The summed E-state index contributed by atoms with van der Waals surface area (Å²) in [4.78, 5) is 19.7. The number of aromatic nitrogens is 1. The summed E-state index contributed by atoms with van der Waals surface area (Å²) in [5.74, 6) is 0.823. The highest BCUT2D eigenvalue weighted by molar-refractivity contribution is 7.07. The van der Waals surface area contributed by atoms with Gasteiger partial charge in [0.1, 0.15) is 11.4 Å². The predicted octanol–water partition coefficient (Wildman–Crippen LogP) is 5.71. The van der Waals surface area contributed by atoms with E-state index in [9.17, 15) is 4.79 Å². The van der Waals surface area contributed by atoms with E-state index in [2.05, 4.69) is 22.1 Å². The van der Waals surface area contributed by atoms with Crippen molar-refractivity contribution in [1.29, 1.82) is 0 Å². The summed E-state index contributed by atoms with van der Waals surface area (Å²) in [6, 6.07) is 18.0. The van der Waals surface area contributed by atoms with E-state index < -0.39 is 5.60 Å². The Labute approximate surface area is 193 Å². The van der Waals surface area contributed by atoms with E-state index in [0.29, 0.717) is 6.54 Å². The second kappa shape index (κ2) is 10.5. The molecule has 1 amide bonds. The molecule has 0 aliphatic rings. The number of nitrogens with zero attached hydrogens (tertiary/aromatic N) is 3. The number of para-hydroxylation sites is 1. The number of rotatable bonds is 7. The first-order valence-electron chi connectivity index (χ1n) is 10.6. The van der Waals surface area contributed by atoms with Crippen LogP contribution in [0.1, 0.15) is 27.2 Å². The van der Waals surface area contributed by atoms with E-state index in [1.807, 2.05) is 63.2 Å². The van der Waals surface area contributed by atoms with Gasteiger partial charge >= 0.3 is 6.09 Å². The number of ether oxygens (including phenoxy) is 2. The predicted molar refractivity (Wildman–Crippen MR) is 129 cm³/mol. The third-order valence-corrected chi connectivity index (χ3v) is 5.61. The Bertz CT molecular complexity index is 1080. The normalized spacial score (nSPS) is 12.0. The number of methoxy groups -OCH3 is 1. The van der Waals surface area contributed by atoms with Gasteiger partial charge in [-0.25, -0.2) is 9.79 Å². The van der Waals surface area contributed by atoms with E-state index in [-0.39, 0.29) is 6.09 Å². The first kappa shape index (κ1) is 23.6. The van der Waals surface area contributed by atoms with Gasteiger partial charge in [0.15, 0.2) is 4.80 Å². The summed E-state index contributed by atoms with van der Waals surface area (Å²) in [6.07, 6.45) is 0.467. The molecule has 6 nitrogen and oxygen atoms in total. The molecule has 0 unspecified atom stereocenters.